The van der Waals surface area contributed by atoms with Crippen molar-refractivity contribution < 1.29 is 0 Å². The summed E-state index contributed by atoms with van der Waals surface area (Å²) in [5.74, 6) is 1.33. The maximum atomic E-state index is 3.60. The van der Waals surface area contributed by atoms with Gasteiger partial charge in [0.1, 0.15) is 0 Å². The van der Waals surface area contributed by atoms with Crippen molar-refractivity contribution >= 4 is 11.8 Å². The minimum atomic E-state index is 0.768. The Morgan fingerprint density at radius 2 is 1.93 bits per heavy atom. The fourth-order valence-corrected chi connectivity index (χ4v) is 2.11. The van der Waals surface area contributed by atoms with Crippen molar-refractivity contribution in [2.24, 2.45) is 0 Å². The molecule has 0 aliphatic heterocycles. The average molecular weight is 217 g/mol. The molecule has 0 fully saturated rings. The Bertz CT molecular complexity index is 106. The van der Waals surface area contributed by atoms with Gasteiger partial charge in [-0.3, -0.25) is 0 Å². The maximum Gasteiger partial charge on any atom is 0.00644 e. The van der Waals surface area contributed by atoms with E-state index in [2.05, 4.69) is 25.4 Å². The molecule has 0 rings (SSSR count). The van der Waals surface area contributed by atoms with Crippen molar-refractivity contribution in [3.8, 4) is 0 Å². The van der Waals surface area contributed by atoms with Gasteiger partial charge in [-0.05, 0) is 44.2 Å². The largest absolute Gasteiger partial charge is 0.314 e. The quantitative estimate of drug-likeness (QED) is 0.560. The summed E-state index contributed by atoms with van der Waals surface area (Å²) in [7, 11) is 0. The predicted octanol–water partition coefficient (Wildman–Crippen LogP) is 3.69. The average Bonchev–Trinajstić information content (AvgIpc) is 2.22. The highest BCUT2D eigenvalue weighted by Crippen LogP contribution is 2.08. The van der Waals surface area contributed by atoms with E-state index in [0.29, 0.717) is 0 Å². The Morgan fingerprint density at radius 3 is 2.50 bits per heavy atom. The summed E-state index contributed by atoms with van der Waals surface area (Å²) in [4.78, 5) is 0. The first-order chi connectivity index (χ1) is 6.85. The SMILES string of the molecule is CCCNC(CC)CCCCCSC. The second kappa shape index (κ2) is 11.4. The van der Waals surface area contributed by atoms with E-state index in [9.17, 15) is 0 Å². The van der Waals surface area contributed by atoms with Gasteiger partial charge in [0.2, 0.25) is 0 Å². The van der Waals surface area contributed by atoms with Gasteiger partial charge in [-0.1, -0.05) is 26.7 Å². The molecule has 0 saturated carbocycles. The fourth-order valence-electron chi connectivity index (χ4n) is 1.61. The molecule has 1 atom stereocenters. The van der Waals surface area contributed by atoms with Gasteiger partial charge in [-0.25, -0.2) is 0 Å². The van der Waals surface area contributed by atoms with Crippen LogP contribution >= 0.6 is 11.8 Å². The first-order valence-electron chi connectivity index (χ1n) is 6.07. The summed E-state index contributed by atoms with van der Waals surface area (Å²) in [6, 6.07) is 0.768. The van der Waals surface area contributed by atoms with E-state index in [0.717, 1.165) is 6.04 Å². The predicted molar refractivity (Wildman–Crippen MR) is 69.2 cm³/mol. The third-order valence-corrected chi connectivity index (χ3v) is 3.27. The van der Waals surface area contributed by atoms with Gasteiger partial charge in [-0.15, -0.1) is 0 Å². The van der Waals surface area contributed by atoms with Crippen LogP contribution in [0, 0.1) is 0 Å². The third kappa shape index (κ3) is 8.89. The van der Waals surface area contributed by atoms with Crippen molar-refractivity contribution in [3.05, 3.63) is 0 Å². The lowest BCUT2D eigenvalue weighted by Crippen LogP contribution is -2.28. The molecule has 0 radical (unpaired) electrons. The molecule has 2 heteroatoms. The molecule has 14 heavy (non-hydrogen) atoms. The van der Waals surface area contributed by atoms with E-state index in [1.807, 2.05) is 11.8 Å². The molecule has 0 saturated heterocycles. The van der Waals surface area contributed by atoms with E-state index >= 15 is 0 Å². The molecular formula is C12H27NS. The number of hydrogen-bond donors (Lipinski definition) is 1. The first kappa shape index (κ1) is 14.3. The molecule has 0 spiro atoms. The minimum Gasteiger partial charge on any atom is -0.314 e. The zero-order valence-corrected chi connectivity index (χ0v) is 11.0. The van der Waals surface area contributed by atoms with Crippen LogP contribution in [0.5, 0.6) is 0 Å². The highest BCUT2D eigenvalue weighted by molar-refractivity contribution is 7.98. The van der Waals surface area contributed by atoms with Crippen LogP contribution < -0.4 is 5.32 Å². The fraction of sp³-hybridized carbons (Fsp3) is 1.00. The molecule has 0 bridgehead atoms. The Kier molecular flexibility index (Phi) is 11.6. The molecule has 86 valence electrons. The molecule has 0 aromatic heterocycles. The van der Waals surface area contributed by atoms with Crippen LogP contribution in [0.3, 0.4) is 0 Å². The summed E-state index contributed by atoms with van der Waals surface area (Å²) in [6.45, 7) is 5.71. The smallest absolute Gasteiger partial charge is 0.00644 e. The maximum absolute atomic E-state index is 3.60. The zero-order chi connectivity index (χ0) is 10.6. The molecule has 0 aliphatic rings. The van der Waals surface area contributed by atoms with Gasteiger partial charge in [0.05, 0.1) is 0 Å². The van der Waals surface area contributed by atoms with Crippen LogP contribution in [-0.2, 0) is 0 Å². The van der Waals surface area contributed by atoms with Crippen LogP contribution in [0.1, 0.15) is 52.4 Å². The monoisotopic (exact) mass is 217 g/mol. The molecule has 0 amide bonds. The first-order valence-corrected chi connectivity index (χ1v) is 7.46. The molecule has 1 N–H and O–H groups in total. The summed E-state index contributed by atoms with van der Waals surface area (Å²) in [6.07, 6.45) is 10.3. The Hall–Kier alpha value is 0.310. The Balaban J connectivity index is 3.24. The van der Waals surface area contributed by atoms with E-state index < -0.39 is 0 Å². The van der Waals surface area contributed by atoms with E-state index in [1.54, 1.807) is 0 Å². The summed E-state index contributed by atoms with van der Waals surface area (Å²) >= 11 is 1.96. The Labute approximate surface area is 94.4 Å². The number of rotatable bonds is 10. The van der Waals surface area contributed by atoms with Gasteiger partial charge >= 0.3 is 0 Å². The zero-order valence-electron chi connectivity index (χ0n) is 10.1. The second-order valence-electron chi connectivity index (χ2n) is 3.90. The van der Waals surface area contributed by atoms with Crippen LogP contribution in [-0.4, -0.2) is 24.6 Å². The van der Waals surface area contributed by atoms with Crippen molar-refractivity contribution in [2.45, 2.75) is 58.4 Å². The summed E-state index contributed by atoms with van der Waals surface area (Å²) < 4.78 is 0. The van der Waals surface area contributed by atoms with Gasteiger partial charge in [0.15, 0.2) is 0 Å². The van der Waals surface area contributed by atoms with Gasteiger partial charge < -0.3 is 5.32 Å². The summed E-state index contributed by atoms with van der Waals surface area (Å²) in [5, 5.41) is 3.60. The lowest BCUT2D eigenvalue weighted by molar-refractivity contribution is 0.448. The molecular weight excluding hydrogens is 190 g/mol. The molecule has 0 aromatic carbocycles. The molecule has 0 heterocycles. The van der Waals surface area contributed by atoms with Gasteiger partial charge in [0.25, 0.3) is 0 Å². The van der Waals surface area contributed by atoms with Crippen molar-refractivity contribution in [1.82, 2.24) is 5.32 Å². The molecule has 0 aliphatic carbocycles. The minimum absolute atomic E-state index is 0.768. The number of hydrogen-bond acceptors (Lipinski definition) is 2. The van der Waals surface area contributed by atoms with E-state index in [-0.39, 0.29) is 0 Å². The standard InChI is InChI=1S/C12H27NS/c1-4-10-13-12(5-2)9-7-6-8-11-14-3/h12-13H,4-11H2,1-3H3. The van der Waals surface area contributed by atoms with Crippen LogP contribution in [0.15, 0.2) is 0 Å². The van der Waals surface area contributed by atoms with E-state index in [4.69, 9.17) is 0 Å². The van der Waals surface area contributed by atoms with Crippen molar-refractivity contribution in [3.63, 3.8) is 0 Å². The highest BCUT2D eigenvalue weighted by atomic mass is 32.2. The van der Waals surface area contributed by atoms with Crippen LogP contribution in [0.25, 0.3) is 0 Å². The highest BCUT2D eigenvalue weighted by Gasteiger charge is 2.03. The van der Waals surface area contributed by atoms with E-state index in [1.165, 1.54) is 50.8 Å². The lowest BCUT2D eigenvalue weighted by atomic mass is 10.1. The normalized spacial score (nSPS) is 13.1. The van der Waals surface area contributed by atoms with Crippen LogP contribution in [0.4, 0.5) is 0 Å². The number of nitrogens with one attached hydrogen (secondary N) is 1. The van der Waals surface area contributed by atoms with Crippen molar-refractivity contribution in [1.29, 1.82) is 0 Å². The van der Waals surface area contributed by atoms with Gasteiger partial charge in [-0.2, -0.15) is 11.8 Å². The molecule has 1 nitrogen and oxygen atoms in total. The molecule has 1 unspecified atom stereocenters. The van der Waals surface area contributed by atoms with Gasteiger partial charge in [0, 0.05) is 6.04 Å². The Morgan fingerprint density at radius 1 is 1.14 bits per heavy atom. The topological polar surface area (TPSA) is 12.0 Å². The number of unbranched alkanes of at least 4 members (excludes halogenated alkanes) is 2. The second-order valence-corrected chi connectivity index (χ2v) is 4.89. The third-order valence-electron chi connectivity index (χ3n) is 2.58. The van der Waals surface area contributed by atoms with Crippen LogP contribution in [0.2, 0.25) is 0 Å². The molecule has 0 aromatic rings. The lowest BCUT2D eigenvalue weighted by Gasteiger charge is -2.16. The number of thioether (sulfide) groups is 1. The summed E-state index contributed by atoms with van der Waals surface area (Å²) in [5.41, 5.74) is 0. The van der Waals surface area contributed by atoms with Crippen molar-refractivity contribution in [2.75, 3.05) is 18.6 Å².